The van der Waals surface area contributed by atoms with Gasteiger partial charge in [0.15, 0.2) is 0 Å². The molecule has 0 fully saturated rings. The number of allylic oxidation sites excluding steroid dienone is 1. The average Bonchev–Trinajstić information content (AvgIpc) is 2.16. The summed E-state index contributed by atoms with van der Waals surface area (Å²) in [5.74, 6) is 1.52. The second kappa shape index (κ2) is 5.59. The molecule has 1 aromatic carbocycles. The lowest BCUT2D eigenvalue weighted by Gasteiger charge is -2.09. The van der Waals surface area contributed by atoms with Gasteiger partial charge in [-0.3, -0.25) is 0 Å². The van der Waals surface area contributed by atoms with Crippen LogP contribution in [0.1, 0.15) is 26.3 Å². The van der Waals surface area contributed by atoms with Crippen LogP contribution in [-0.4, -0.2) is 6.61 Å². The van der Waals surface area contributed by atoms with Crippen LogP contribution in [0.5, 0.6) is 5.75 Å². The molecule has 0 aliphatic heterocycles. The standard InChI is InChI=1S/C14H20O/c1-11(2)9-13-5-7-14(8-6-13)15-10-12(3)4/h5-8,12H,1,9-10H2,2-4H3. The molecule has 0 radical (unpaired) electrons. The first-order valence-corrected chi connectivity index (χ1v) is 5.44. The van der Waals surface area contributed by atoms with E-state index >= 15 is 0 Å². The molecule has 0 atom stereocenters. The third-order valence-corrected chi connectivity index (χ3v) is 2.01. The van der Waals surface area contributed by atoms with Crippen LogP contribution in [0, 0.1) is 5.92 Å². The van der Waals surface area contributed by atoms with Crippen LogP contribution in [0.25, 0.3) is 0 Å². The summed E-state index contributed by atoms with van der Waals surface area (Å²) < 4.78 is 5.60. The molecule has 1 nitrogen and oxygen atoms in total. The minimum Gasteiger partial charge on any atom is -0.493 e. The summed E-state index contributed by atoms with van der Waals surface area (Å²) in [5.41, 5.74) is 2.48. The molecule has 0 N–H and O–H groups in total. The molecule has 82 valence electrons. The Morgan fingerprint density at radius 2 is 1.87 bits per heavy atom. The summed E-state index contributed by atoms with van der Waals surface area (Å²) in [6.07, 6.45) is 0.949. The lowest BCUT2D eigenvalue weighted by Crippen LogP contribution is -2.04. The molecular formula is C14H20O. The van der Waals surface area contributed by atoms with E-state index in [-0.39, 0.29) is 0 Å². The van der Waals surface area contributed by atoms with Crippen molar-refractivity contribution in [3.05, 3.63) is 42.0 Å². The Kier molecular flexibility index (Phi) is 4.41. The fraction of sp³-hybridized carbons (Fsp3) is 0.429. The second-order valence-electron chi connectivity index (χ2n) is 4.48. The summed E-state index contributed by atoms with van der Waals surface area (Å²) in [5, 5.41) is 0. The summed E-state index contributed by atoms with van der Waals surface area (Å²) in [6.45, 7) is 11.0. The zero-order valence-electron chi connectivity index (χ0n) is 9.92. The number of benzene rings is 1. The van der Waals surface area contributed by atoms with E-state index in [1.807, 2.05) is 19.1 Å². The minimum absolute atomic E-state index is 0.570. The maximum Gasteiger partial charge on any atom is 0.119 e. The summed E-state index contributed by atoms with van der Waals surface area (Å²) >= 11 is 0. The van der Waals surface area contributed by atoms with Gasteiger partial charge in [0.25, 0.3) is 0 Å². The first kappa shape index (κ1) is 11.8. The SMILES string of the molecule is C=C(C)Cc1ccc(OCC(C)C)cc1. The van der Waals surface area contributed by atoms with Crippen LogP contribution in [0.2, 0.25) is 0 Å². The maximum absolute atomic E-state index is 5.60. The lowest BCUT2D eigenvalue weighted by atomic mass is 10.1. The average molecular weight is 204 g/mol. The Labute approximate surface area is 92.8 Å². The fourth-order valence-electron chi connectivity index (χ4n) is 1.31. The molecule has 0 aliphatic carbocycles. The highest BCUT2D eigenvalue weighted by molar-refractivity contribution is 5.29. The molecule has 0 aliphatic rings. The highest BCUT2D eigenvalue weighted by Crippen LogP contribution is 2.15. The molecule has 0 unspecified atom stereocenters. The van der Waals surface area contributed by atoms with E-state index in [0.29, 0.717) is 5.92 Å². The Bertz CT molecular complexity index is 309. The van der Waals surface area contributed by atoms with Crippen molar-refractivity contribution in [3.63, 3.8) is 0 Å². The van der Waals surface area contributed by atoms with E-state index in [4.69, 9.17) is 4.74 Å². The Morgan fingerprint density at radius 3 is 2.33 bits per heavy atom. The van der Waals surface area contributed by atoms with E-state index in [1.165, 1.54) is 11.1 Å². The minimum atomic E-state index is 0.570. The van der Waals surface area contributed by atoms with E-state index in [1.54, 1.807) is 0 Å². The Morgan fingerprint density at radius 1 is 1.27 bits per heavy atom. The number of rotatable bonds is 5. The van der Waals surface area contributed by atoms with Crippen molar-refractivity contribution in [2.45, 2.75) is 27.2 Å². The van der Waals surface area contributed by atoms with Crippen LogP contribution in [0.3, 0.4) is 0 Å². The van der Waals surface area contributed by atoms with Gasteiger partial charge in [-0.15, -0.1) is 0 Å². The van der Waals surface area contributed by atoms with Crippen molar-refractivity contribution in [2.75, 3.05) is 6.61 Å². The monoisotopic (exact) mass is 204 g/mol. The predicted octanol–water partition coefficient (Wildman–Crippen LogP) is 3.84. The van der Waals surface area contributed by atoms with Crippen molar-refractivity contribution >= 4 is 0 Å². The quantitative estimate of drug-likeness (QED) is 0.662. The maximum atomic E-state index is 5.60. The molecule has 0 saturated heterocycles. The third kappa shape index (κ3) is 4.68. The van der Waals surface area contributed by atoms with Gasteiger partial charge < -0.3 is 4.74 Å². The van der Waals surface area contributed by atoms with Crippen LogP contribution in [-0.2, 0) is 6.42 Å². The third-order valence-electron chi connectivity index (χ3n) is 2.01. The van der Waals surface area contributed by atoms with E-state index in [2.05, 4.69) is 32.6 Å². The summed E-state index contributed by atoms with van der Waals surface area (Å²) in [6, 6.07) is 8.26. The first-order chi connectivity index (χ1) is 7.08. The predicted molar refractivity (Wildman–Crippen MR) is 65.3 cm³/mol. The van der Waals surface area contributed by atoms with Gasteiger partial charge in [0, 0.05) is 0 Å². The van der Waals surface area contributed by atoms with Crippen molar-refractivity contribution < 1.29 is 4.74 Å². The van der Waals surface area contributed by atoms with Gasteiger partial charge in [0.2, 0.25) is 0 Å². The van der Waals surface area contributed by atoms with Crippen LogP contribution < -0.4 is 4.74 Å². The van der Waals surface area contributed by atoms with E-state index in [0.717, 1.165) is 18.8 Å². The Balaban J connectivity index is 2.52. The zero-order chi connectivity index (χ0) is 11.3. The molecule has 0 saturated carbocycles. The fourth-order valence-corrected chi connectivity index (χ4v) is 1.31. The highest BCUT2D eigenvalue weighted by Gasteiger charge is 1.98. The topological polar surface area (TPSA) is 9.23 Å². The first-order valence-electron chi connectivity index (χ1n) is 5.44. The second-order valence-corrected chi connectivity index (χ2v) is 4.48. The molecule has 1 heteroatoms. The normalized spacial score (nSPS) is 10.4. The van der Waals surface area contributed by atoms with Gasteiger partial charge in [-0.05, 0) is 37.0 Å². The van der Waals surface area contributed by atoms with Crippen LogP contribution in [0.15, 0.2) is 36.4 Å². The number of hydrogen-bond donors (Lipinski definition) is 0. The van der Waals surface area contributed by atoms with Crippen LogP contribution >= 0.6 is 0 Å². The van der Waals surface area contributed by atoms with Gasteiger partial charge in [-0.2, -0.15) is 0 Å². The molecule has 0 aromatic heterocycles. The van der Waals surface area contributed by atoms with Gasteiger partial charge in [-0.25, -0.2) is 0 Å². The zero-order valence-corrected chi connectivity index (χ0v) is 9.92. The van der Waals surface area contributed by atoms with Crippen molar-refractivity contribution in [1.29, 1.82) is 0 Å². The largest absolute Gasteiger partial charge is 0.493 e. The van der Waals surface area contributed by atoms with Crippen molar-refractivity contribution in [1.82, 2.24) is 0 Å². The Hall–Kier alpha value is -1.24. The van der Waals surface area contributed by atoms with Gasteiger partial charge in [0.05, 0.1) is 6.61 Å². The van der Waals surface area contributed by atoms with Gasteiger partial charge in [-0.1, -0.05) is 38.1 Å². The molecule has 1 aromatic rings. The van der Waals surface area contributed by atoms with Crippen molar-refractivity contribution in [3.8, 4) is 5.75 Å². The van der Waals surface area contributed by atoms with E-state index in [9.17, 15) is 0 Å². The molecule has 0 bridgehead atoms. The molecule has 0 spiro atoms. The van der Waals surface area contributed by atoms with Gasteiger partial charge >= 0.3 is 0 Å². The van der Waals surface area contributed by atoms with Crippen molar-refractivity contribution in [2.24, 2.45) is 5.92 Å². The smallest absolute Gasteiger partial charge is 0.119 e. The van der Waals surface area contributed by atoms with E-state index < -0.39 is 0 Å². The molecule has 15 heavy (non-hydrogen) atoms. The summed E-state index contributed by atoms with van der Waals surface area (Å²) in [4.78, 5) is 0. The molecule has 0 amide bonds. The molecule has 0 heterocycles. The van der Waals surface area contributed by atoms with Gasteiger partial charge in [0.1, 0.15) is 5.75 Å². The van der Waals surface area contributed by atoms with Crippen LogP contribution in [0.4, 0.5) is 0 Å². The highest BCUT2D eigenvalue weighted by atomic mass is 16.5. The number of hydrogen-bond acceptors (Lipinski definition) is 1. The number of ether oxygens (including phenoxy) is 1. The molecular weight excluding hydrogens is 184 g/mol. The lowest BCUT2D eigenvalue weighted by molar-refractivity contribution is 0.271. The molecule has 1 rings (SSSR count). The summed E-state index contributed by atoms with van der Waals surface area (Å²) in [7, 11) is 0.